The Balaban J connectivity index is 1.69. The maximum atomic E-state index is 14.1. The molecule has 0 saturated heterocycles. The lowest BCUT2D eigenvalue weighted by Crippen LogP contribution is -2.43. The zero-order valence-electron chi connectivity index (χ0n) is 23.8. The van der Waals surface area contributed by atoms with Crippen LogP contribution < -0.4 is 4.74 Å². The van der Waals surface area contributed by atoms with Crippen molar-refractivity contribution < 1.29 is 17.9 Å². The van der Waals surface area contributed by atoms with Crippen molar-refractivity contribution in [1.82, 2.24) is 9.21 Å². The largest absolute Gasteiger partial charge is 0.497 e. The van der Waals surface area contributed by atoms with Crippen molar-refractivity contribution in [3.8, 4) is 5.75 Å². The highest BCUT2D eigenvalue weighted by atomic mass is 32.2. The molecule has 212 valence electrons. The Morgan fingerprint density at radius 1 is 1.07 bits per heavy atom. The summed E-state index contributed by atoms with van der Waals surface area (Å²) in [7, 11) is -2.43. The number of sulfonamides is 1. The number of hydrogen-bond donors (Lipinski definition) is 0. The Labute approximate surface area is 238 Å². The molecule has 40 heavy (non-hydrogen) atoms. The second kappa shape index (κ2) is 12.7. The summed E-state index contributed by atoms with van der Waals surface area (Å²) in [4.78, 5) is 20.1. The third-order valence-electron chi connectivity index (χ3n) is 6.96. The average Bonchev–Trinajstić information content (AvgIpc) is 3.78. The van der Waals surface area contributed by atoms with Crippen molar-refractivity contribution in [2.45, 2.75) is 62.9 Å². The molecule has 0 atom stereocenters. The lowest BCUT2D eigenvalue weighted by atomic mass is 9.87. The topological polar surface area (TPSA) is 79.3 Å². The number of nitrogens with zero attached hydrogens (tertiary/aromatic N) is 3. The van der Waals surface area contributed by atoms with Crippen LogP contribution in [0.3, 0.4) is 0 Å². The molecule has 0 radical (unpaired) electrons. The number of ether oxygens (including phenoxy) is 1. The monoisotopic (exact) mass is 561 g/mol. The first-order valence-corrected chi connectivity index (χ1v) is 15.1. The normalized spacial score (nSPS) is 19.6. The third kappa shape index (κ3) is 7.50. The molecule has 1 aliphatic heterocycles. The summed E-state index contributed by atoms with van der Waals surface area (Å²) >= 11 is 0. The van der Waals surface area contributed by atoms with Crippen LogP contribution in [0.25, 0.3) is 0 Å². The number of carbonyl (C=O) groups excluding carboxylic acids is 1. The van der Waals surface area contributed by atoms with Gasteiger partial charge in [-0.15, -0.1) is 0 Å². The third-order valence-corrected chi connectivity index (χ3v) is 8.75. The number of benzene rings is 2. The van der Waals surface area contributed by atoms with Crippen molar-refractivity contribution in [3.05, 3.63) is 95.7 Å². The standard InChI is InChI=1S/C32H39N3O4S/c1-32(2,3)26-14-18-30(19-15-26)40(37,38)35(28-11-6-5-7-20-33-21-9-12-28)24-31(36)34(27-16-17-27)23-25-10-8-13-29(22-25)39-4/h5,7-15,18-20,22,27H,6,16-17,21,23-24H2,1-4H3/b7-5-,12-9-,28-11+,33-20-. The fourth-order valence-electron chi connectivity index (χ4n) is 4.49. The highest BCUT2D eigenvalue weighted by molar-refractivity contribution is 7.89. The number of aliphatic imine (C=N–C) groups is 1. The van der Waals surface area contributed by atoms with Gasteiger partial charge in [0.15, 0.2) is 0 Å². The Hall–Kier alpha value is -3.65. The van der Waals surface area contributed by atoms with Gasteiger partial charge in [0.1, 0.15) is 12.3 Å². The van der Waals surface area contributed by atoms with Gasteiger partial charge in [-0.2, -0.15) is 0 Å². The fraction of sp³-hybridized carbons (Fsp3) is 0.375. The number of carbonyl (C=O) groups is 1. The van der Waals surface area contributed by atoms with Crippen LogP contribution in [0.5, 0.6) is 5.75 Å². The summed E-state index contributed by atoms with van der Waals surface area (Å²) in [6, 6.07) is 14.7. The SMILES string of the molecule is COc1cccc(CN(C(=O)CN(C2=C/C/C=C\C=N/C/C=C\2)S(=O)(=O)c2ccc(C(C)(C)C)cc2)C2CC2)c1. The van der Waals surface area contributed by atoms with Crippen LogP contribution in [0.1, 0.15) is 51.2 Å². The van der Waals surface area contributed by atoms with Gasteiger partial charge in [0.2, 0.25) is 5.91 Å². The first-order chi connectivity index (χ1) is 19.1. The number of amides is 1. The molecule has 1 saturated carbocycles. The van der Waals surface area contributed by atoms with E-state index in [2.05, 4.69) is 25.8 Å². The number of hydrogen-bond acceptors (Lipinski definition) is 5. The summed E-state index contributed by atoms with van der Waals surface area (Å²) in [6.45, 7) is 6.76. The number of allylic oxidation sites excluding steroid dienone is 4. The van der Waals surface area contributed by atoms with Crippen LogP contribution in [-0.2, 0) is 26.8 Å². The quantitative estimate of drug-likeness (QED) is 0.397. The van der Waals surface area contributed by atoms with Crippen molar-refractivity contribution in [2.24, 2.45) is 4.99 Å². The molecule has 1 heterocycles. The van der Waals surface area contributed by atoms with E-state index in [0.29, 0.717) is 25.2 Å². The second-order valence-electron chi connectivity index (χ2n) is 11.1. The van der Waals surface area contributed by atoms with E-state index in [4.69, 9.17) is 4.74 Å². The summed E-state index contributed by atoms with van der Waals surface area (Å²) in [6.07, 6.45) is 13.2. The van der Waals surface area contributed by atoms with Gasteiger partial charge in [-0.05, 0) is 72.2 Å². The minimum Gasteiger partial charge on any atom is -0.497 e. The molecule has 0 spiro atoms. The van der Waals surface area contributed by atoms with E-state index in [1.165, 1.54) is 4.31 Å². The molecule has 2 aliphatic rings. The smallest absolute Gasteiger partial charge is 0.264 e. The van der Waals surface area contributed by atoms with Crippen LogP contribution in [0.15, 0.2) is 94.5 Å². The molecular weight excluding hydrogens is 522 g/mol. The molecule has 8 heteroatoms. The molecule has 0 aromatic heterocycles. The molecule has 4 rings (SSSR count). The Morgan fingerprint density at radius 3 is 2.50 bits per heavy atom. The van der Waals surface area contributed by atoms with E-state index in [9.17, 15) is 13.2 Å². The minimum absolute atomic E-state index is 0.0974. The molecule has 7 nitrogen and oxygen atoms in total. The summed E-state index contributed by atoms with van der Waals surface area (Å²) < 4.78 is 34.9. The fourth-order valence-corrected chi connectivity index (χ4v) is 5.92. The highest BCUT2D eigenvalue weighted by Crippen LogP contribution is 2.31. The molecule has 2 aromatic carbocycles. The Kier molecular flexibility index (Phi) is 9.30. The summed E-state index contributed by atoms with van der Waals surface area (Å²) in [5, 5.41) is 0. The van der Waals surface area contributed by atoms with E-state index >= 15 is 0 Å². The Bertz CT molecular complexity index is 1410. The minimum atomic E-state index is -4.05. The van der Waals surface area contributed by atoms with E-state index in [1.54, 1.807) is 36.4 Å². The molecule has 0 unspecified atom stereocenters. The van der Waals surface area contributed by atoms with Crippen LogP contribution in [0, 0.1) is 0 Å². The molecule has 0 N–H and O–H groups in total. The molecule has 0 bridgehead atoms. The van der Waals surface area contributed by atoms with Gasteiger partial charge in [0, 0.05) is 24.5 Å². The number of methoxy groups -OCH3 is 1. The molecule has 1 aliphatic carbocycles. The van der Waals surface area contributed by atoms with Crippen molar-refractivity contribution in [3.63, 3.8) is 0 Å². The first-order valence-electron chi connectivity index (χ1n) is 13.7. The number of rotatable bonds is 9. The van der Waals surface area contributed by atoms with Gasteiger partial charge in [0.05, 0.1) is 18.6 Å². The Morgan fingerprint density at radius 2 is 1.82 bits per heavy atom. The van der Waals surface area contributed by atoms with Gasteiger partial charge >= 0.3 is 0 Å². The lowest BCUT2D eigenvalue weighted by Gasteiger charge is -2.30. The van der Waals surface area contributed by atoms with E-state index in [0.717, 1.165) is 29.7 Å². The van der Waals surface area contributed by atoms with Gasteiger partial charge < -0.3 is 9.64 Å². The van der Waals surface area contributed by atoms with Gasteiger partial charge in [-0.25, -0.2) is 8.42 Å². The van der Waals surface area contributed by atoms with Crippen molar-refractivity contribution in [2.75, 3.05) is 20.2 Å². The van der Waals surface area contributed by atoms with E-state index in [-0.39, 0.29) is 28.8 Å². The first kappa shape index (κ1) is 29.3. The maximum Gasteiger partial charge on any atom is 0.264 e. The second-order valence-corrected chi connectivity index (χ2v) is 13.0. The van der Waals surface area contributed by atoms with E-state index in [1.807, 2.05) is 60.7 Å². The highest BCUT2D eigenvalue weighted by Gasteiger charge is 2.36. The van der Waals surface area contributed by atoms with Gasteiger partial charge in [0.25, 0.3) is 10.0 Å². The lowest BCUT2D eigenvalue weighted by molar-refractivity contribution is -0.132. The maximum absolute atomic E-state index is 14.1. The van der Waals surface area contributed by atoms with Crippen molar-refractivity contribution >= 4 is 22.1 Å². The zero-order chi connectivity index (χ0) is 28.8. The predicted molar refractivity (Wildman–Crippen MR) is 160 cm³/mol. The molecular formula is C32H39N3O4S. The van der Waals surface area contributed by atoms with Crippen LogP contribution in [0.2, 0.25) is 0 Å². The average molecular weight is 562 g/mol. The molecule has 1 fully saturated rings. The van der Waals surface area contributed by atoms with Crippen LogP contribution in [0.4, 0.5) is 0 Å². The van der Waals surface area contributed by atoms with Gasteiger partial charge in [-0.1, -0.05) is 63.3 Å². The summed E-state index contributed by atoms with van der Waals surface area (Å²) in [5.41, 5.74) is 2.31. The molecule has 2 aromatic rings. The van der Waals surface area contributed by atoms with Gasteiger partial charge in [-0.3, -0.25) is 14.1 Å². The predicted octanol–water partition coefficient (Wildman–Crippen LogP) is 5.65. The zero-order valence-corrected chi connectivity index (χ0v) is 24.6. The van der Waals surface area contributed by atoms with E-state index < -0.39 is 10.0 Å². The van der Waals surface area contributed by atoms with Crippen LogP contribution >= 0.6 is 0 Å². The van der Waals surface area contributed by atoms with Crippen LogP contribution in [-0.4, -0.2) is 56.0 Å². The summed E-state index contributed by atoms with van der Waals surface area (Å²) in [5.74, 6) is 0.483. The van der Waals surface area contributed by atoms with Crippen molar-refractivity contribution in [1.29, 1.82) is 0 Å². The molecule has 1 amide bonds.